The molecule has 4 rings (SSSR count). The summed E-state index contributed by atoms with van der Waals surface area (Å²) >= 11 is 0. The molecule has 0 radical (unpaired) electrons. The van der Waals surface area contributed by atoms with E-state index < -0.39 is 5.92 Å². The van der Waals surface area contributed by atoms with E-state index in [4.69, 9.17) is 0 Å². The van der Waals surface area contributed by atoms with Crippen LogP contribution in [0.1, 0.15) is 47.2 Å². The van der Waals surface area contributed by atoms with Crippen LogP contribution in [0.4, 0.5) is 0 Å². The molecule has 1 saturated heterocycles. The zero-order valence-corrected chi connectivity index (χ0v) is 15.8. The third-order valence-electron chi connectivity index (χ3n) is 6.21. The molecule has 0 saturated carbocycles. The van der Waals surface area contributed by atoms with Crippen molar-refractivity contribution in [2.24, 2.45) is 11.8 Å². The van der Waals surface area contributed by atoms with Crippen LogP contribution in [0, 0.1) is 11.8 Å². The molecule has 1 aliphatic heterocycles. The molecule has 0 bridgehead atoms. The second-order valence-electron chi connectivity index (χ2n) is 7.91. The summed E-state index contributed by atoms with van der Waals surface area (Å²) < 4.78 is 0. The van der Waals surface area contributed by atoms with Crippen molar-refractivity contribution >= 4 is 11.7 Å². The maximum Gasteiger partial charge on any atom is 0.233 e. The Labute approximate surface area is 161 Å². The lowest BCUT2D eigenvalue weighted by Gasteiger charge is -2.35. The van der Waals surface area contributed by atoms with Crippen LogP contribution in [-0.4, -0.2) is 29.7 Å². The number of hydrogen-bond donors (Lipinski definition) is 0. The van der Waals surface area contributed by atoms with E-state index in [0.29, 0.717) is 12.3 Å². The van der Waals surface area contributed by atoms with Gasteiger partial charge in [-0.25, -0.2) is 0 Å². The van der Waals surface area contributed by atoms with E-state index in [1.807, 2.05) is 29.2 Å². The fourth-order valence-corrected chi connectivity index (χ4v) is 4.51. The zero-order chi connectivity index (χ0) is 18.6. The van der Waals surface area contributed by atoms with Crippen molar-refractivity contribution in [1.29, 1.82) is 0 Å². The molecule has 1 unspecified atom stereocenters. The number of aryl methyl sites for hydroxylation is 2. The molecule has 1 aliphatic carbocycles. The smallest absolute Gasteiger partial charge is 0.233 e. The zero-order valence-electron chi connectivity index (χ0n) is 15.8. The van der Waals surface area contributed by atoms with E-state index in [0.717, 1.165) is 49.9 Å². The number of Topliss-reactive ketones (excluding diaryl/α,β-unsaturated/α-hetero) is 1. The molecule has 2 aliphatic rings. The minimum atomic E-state index is -0.472. The SMILES string of the molecule is O=C1c2ccccc2CCC1C(=O)N1CCC(CCc2ccccc2)CC1. The molecule has 3 nitrogen and oxygen atoms in total. The van der Waals surface area contributed by atoms with E-state index in [-0.39, 0.29) is 11.7 Å². The highest BCUT2D eigenvalue weighted by Gasteiger charge is 2.36. The minimum Gasteiger partial charge on any atom is -0.342 e. The number of benzene rings is 2. The van der Waals surface area contributed by atoms with Crippen LogP contribution in [0.2, 0.25) is 0 Å². The lowest BCUT2D eigenvalue weighted by molar-refractivity contribution is -0.135. The van der Waals surface area contributed by atoms with Crippen molar-refractivity contribution in [3.63, 3.8) is 0 Å². The summed E-state index contributed by atoms with van der Waals surface area (Å²) in [4.78, 5) is 27.7. The Morgan fingerprint density at radius 3 is 2.41 bits per heavy atom. The number of likely N-dealkylation sites (tertiary alicyclic amines) is 1. The molecular weight excluding hydrogens is 334 g/mol. The minimum absolute atomic E-state index is 0.0213. The van der Waals surface area contributed by atoms with Gasteiger partial charge in [0.2, 0.25) is 5.91 Å². The van der Waals surface area contributed by atoms with Gasteiger partial charge in [0, 0.05) is 18.7 Å². The Hall–Kier alpha value is -2.42. The van der Waals surface area contributed by atoms with Gasteiger partial charge in [0.25, 0.3) is 0 Å². The Bertz CT molecular complexity index is 806. The molecule has 2 aromatic rings. The Morgan fingerprint density at radius 1 is 0.926 bits per heavy atom. The third kappa shape index (κ3) is 3.97. The summed E-state index contributed by atoms with van der Waals surface area (Å²) in [5, 5.41) is 0. The van der Waals surface area contributed by atoms with Crippen molar-refractivity contribution in [3.8, 4) is 0 Å². The Balaban J connectivity index is 1.31. The van der Waals surface area contributed by atoms with Crippen molar-refractivity contribution in [1.82, 2.24) is 4.90 Å². The van der Waals surface area contributed by atoms with Gasteiger partial charge in [0.15, 0.2) is 5.78 Å². The Morgan fingerprint density at radius 2 is 1.63 bits per heavy atom. The summed E-state index contributed by atoms with van der Waals surface area (Å²) in [6, 6.07) is 18.3. The van der Waals surface area contributed by atoms with Crippen molar-refractivity contribution in [2.45, 2.75) is 38.5 Å². The lowest BCUT2D eigenvalue weighted by Crippen LogP contribution is -2.45. The van der Waals surface area contributed by atoms with E-state index in [2.05, 4.69) is 30.3 Å². The number of rotatable bonds is 4. The van der Waals surface area contributed by atoms with Gasteiger partial charge in [-0.15, -0.1) is 0 Å². The van der Waals surface area contributed by atoms with Crippen LogP contribution >= 0.6 is 0 Å². The molecule has 1 atom stereocenters. The predicted octanol–water partition coefficient (Wildman–Crippen LogP) is 4.30. The highest BCUT2D eigenvalue weighted by atomic mass is 16.2. The van der Waals surface area contributed by atoms with Gasteiger partial charge in [0.1, 0.15) is 5.92 Å². The maximum atomic E-state index is 13.0. The lowest BCUT2D eigenvalue weighted by atomic mass is 9.81. The average molecular weight is 361 g/mol. The van der Waals surface area contributed by atoms with Crippen LogP contribution in [0.15, 0.2) is 54.6 Å². The molecule has 1 heterocycles. The van der Waals surface area contributed by atoms with Gasteiger partial charge in [0.05, 0.1) is 0 Å². The molecule has 0 spiro atoms. The van der Waals surface area contributed by atoms with Gasteiger partial charge in [-0.1, -0.05) is 54.6 Å². The molecule has 3 heteroatoms. The predicted molar refractivity (Wildman–Crippen MR) is 107 cm³/mol. The number of nitrogens with zero attached hydrogens (tertiary/aromatic N) is 1. The first-order chi connectivity index (χ1) is 13.2. The monoisotopic (exact) mass is 361 g/mol. The number of hydrogen-bond acceptors (Lipinski definition) is 2. The van der Waals surface area contributed by atoms with Crippen LogP contribution in [0.25, 0.3) is 0 Å². The summed E-state index contributed by atoms with van der Waals surface area (Å²) in [5.74, 6) is 0.280. The highest BCUT2D eigenvalue weighted by Crippen LogP contribution is 2.29. The molecule has 1 fully saturated rings. The number of fused-ring (bicyclic) bond motifs is 1. The van der Waals surface area contributed by atoms with E-state index in [1.165, 1.54) is 12.0 Å². The summed E-state index contributed by atoms with van der Waals surface area (Å²) in [7, 11) is 0. The largest absolute Gasteiger partial charge is 0.342 e. The quantitative estimate of drug-likeness (QED) is 0.761. The Kier molecular flexibility index (Phi) is 5.38. The first kappa shape index (κ1) is 18.0. The standard InChI is InChI=1S/C24H27NO2/c26-23-21-9-5-4-8-20(21)12-13-22(23)24(27)25-16-14-19(15-17-25)11-10-18-6-2-1-3-7-18/h1-9,19,22H,10-17H2. The van der Waals surface area contributed by atoms with Gasteiger partial charge in [-0.2, -0.15) is 0 Å². The van der Waals surface area contributed by atoms with E-state index in [9.17, 15) is 9.59 Å². The molecule has 2 aromatic carbocycles. The number of piperidine rings is 1. The van der Waals surface area contributed by atoms with Gasteiger partial charge >= 0.3 is 0 Å². The summed E-state index contributed by atoms with van der Waals surface area (Å²) in [6.07, 6.45) is 5.87. The molecular formula is C24H27NO2. The number of ketones is 1. The van der Waals surface area contributed by atoms with Crippen LogP contribution in [0.3, 0.4) is 0 Å². The molecule has 140 valence electrons. The van der Waals surface area contributed by atoms with E-state index in [1.54, 1.807) is 0 Å². The first-order valence-electron chi connectivity index (χ1n) is 10.2. The van der Waals surface area contributed by atoms with Crippen molar-refractivity contribution in [2.75, 3.05) is 13.1 Å². The van der Waals surface area contributed by atoms with Crippen LogP contribution in [-0.2, 0) is 17.6 Å². The normalized spacial score (nSPS) is 20.4. The topological polar surface area (TPSA) is 37.4 Å². The third-order valence-corrected chi connectivity index (χ3v) is 6.21. The first-order valence-corrected chi connectivity index (χ1v) is 10.2. The summed E-state index contributed by atoms with van der Waals surface area (Å²) in [5.41, 5.74) is 3.23. The fourth-order valence-electron chi connectivity index (χ4n) is 4.51. The highest BCUT2D eigenvalue weighted by molar-refractivity contribution is 6.11. The van der Waals surface area contributed by atoms with Gasteiger partial charge in [-0.3, -0.25) is 9.59 Å². The van der Waals surface area contributed by atoms with Gasteiger partial charge in [-0.05, 0) is 55.6 Å². The van der Waals surface area contributed by atoms with Crippen LogP contribution in [0.5, 0.6) is 0 Å². The van der Waals surface area contributed by atoms with E-state index >= 15 is 0 Å². The molecule has 0 N–H and O–H groups in total. The molecule has 1 amide bonds. The summed E-state index contributed by atoms with van der Waals surface area (Å²) in [6.45, 7) is 1.59. The number of carbonyl (C=O) groups is 2. The molecule has 27 heavy (non-hydrogen) atoms. The van der Waals surface area contributed by atoms with Gasteiger partial charge < -0.3 is 4.90 Å². The maximum absolute atomic E-state index is 13.0. The fraction of sp³-hybridized carbons (Fsp3) is 0.417. The number of carbonyl (C=O) groups excluding carboxylic acids is 2. The van der Waals surface area contributed by atoms with Crippen LogP contribution < -0.4 is 0 Å². The van der Waals surface area contributed by atoms with Crippen molar-refractivity contribution in [3.05, 3.63) is 71.3 Å². The second-order valence-corrected chi connectivity index (χ2v) is 7.91. The number of amides is 1. The average Bonchev–Trinajstić information content (AvgIpc) is 2.73. The second kappa shape index (κ2) is 8.08. The molecule has 0 aromatic heterocycles. The van der Waals surface area contributed by atoms with Crippen molar-refractivity contribution < 1.29 is 9.59 Å².